The minimum absolute atomic E-state index is 0.560. The maximum atomic E-state index is 13.2. The molecule has 132 valence electrons. The molecule has 0 bridgehead atoms. The van der Waals surface area contributed by atoms with Crippen molar-refractivity contribution in [2.45, 2.75) is 32.1 Å². The van der Waals surface area contributed by atoms with E-state index in [1.165, 1.54) is 21.0 Å². The van der Waals surface area contributed by atoms with Gasteiger partial charge in [-0.3, -0.25) is 9.59 Å². The number of nitrogens with zero attached hydrogens (tertiary/aromatic N) is 2. The van der Waals surface area contributed by atoms with Crippen molar-refractivity contribution in [3.05, 3.63) is 0 Å². The Kier molecular flexibility index (Phi) is 8.66. The Morgan fingerprint density at radius 1 is 1.00 bits per heavy atom. The summed E-state index contributed by atoms with van der Waals surface area (Å²) in [7, 11) is 2.31. The highest BCUT2D eigenvalue weighted by atomic mass is 19.4. The number of oxime groups is 2. The van der Waals surface area contributed by atoms with Crippen LogP contribution in [-0.2, 0) is 19.3 Å². The molecule has 0 aromatic heterocycles. The van der Waals surface area contributed by atoms with Crippen LogP contribution in [0.4, 0.5) is 13.2 Å². The van der Waals surface area contributed by atoms with Crippen molar-refractivity contribution in [3.8, 4) is 0 Å². The molecule has 11 heteroatoms. The van der Waals surface area contributed by atoms with Gasteiger partial charge in [0, 0.05) is 0 Å². The zero-order valence-corrected chi connectivity index (χ0v) is 13.0. The Bertz CT molecular complexity index is 452. The van der Waals surface area contributed by atoms with Gasteiger partial charge >= 0.3 is 6.18 Å². The van der Waals surface area contributed by atoms with Gasteiger partial charge in [0.2, 0.25) is 0 Å². The predicted octanol–water partition coefficient (Wildman–Crippen LogP) is 0.439. The first-order valence-corrected chi connectivity index (χ1v) is 6.44. The van der Waals surface area contributed by atoms with Crippen LogP contribution in [0, 0.1) is 5.92 Å². The lowest BCUT2D eigenvalue weighted by Gasteiger charge is -2.32. The first kappa shape index (κ1) is 20.7. The summed E-state index contributed by atoms with van der Waals surface area (Å²) in [5.41, 5.74) is 0. The van der Waals surface area contributed by atoms with Gasteiger partial charge in [-0.15, -0.1) is 0 Å². The maximum absolute atomic E-state index is 13.2. The van der Waals surface area contributed by atoms with Crippen molar-refractivity contribution in [1.29, 1.82) is 0 Å². The van der Waals surface area contributed by atoms with Gasteiger partial charge in [-0.2, -0.15) is 13.2 Å². The van der Waals surface area contributed by atoms with Gasteiger partial charge in [0.15, 0.2) is 0 Å². The van der Waals surface area contributed by atoms with E-state index in [-0.39, 0.29) is 0 Å². The van der Waals surface area contributed by atoms with Crippen LogP contribution in [0.25, 0.3) is 0 Å². The maximum Gasteiger partial charge on any atom is 0.410 e. The second-order valence-electron chi connectivity index (χ2n) is 4.64. The minimum Gasteiger partial charge on any atom is -0.399 e. The van der Waals surface area contributed by atoms with Gasteiger partial charge < -0.3 is 20.3 Å². The first-order valence-electron chi connectivity index (χ1n) is 6.44. The topological polar surface area (TPSA) is 101 Å². The molecule has 23 heavy (non-hydrogen) atoms. The quantitative estimate of drug-likeness (QED) is 0.494. The number of rotatable bonds is 8. The Balaban J connectivity index is 5.28. The fourth-order valence-electron chi connectivity index (χ4n) is 1.60. The summed E-state index contributed by atoms with van der Waals surface area (Å²) >= 11 is 0. The van der Waals surface area contributed by atoms with Crippen LogP contribution in [0.15, 0.2) is 10.3 Å². The van der Waals surface area contributed by atoms with E-state index in [1.807, 2.05) is 0 Å². The molecule has 2 N–H and O–H groups in total. The lowest BCUT2D eigenvalue weighted by Crippen LogP contribution is -2.60. The summed E-state index contributed by atoms with van der Waals surface area (Å²) in [5.74, 6) is -2.64. The molecule has 0 radical (unpaired) electrons. The number of carbonyl (C=O) groups excluding carboxylic acids is 2. The molecule has 0 saturated heterocycles. The summed E-state index contributed by atoms with van der Waals surface area (Å²) in [6.07, 6.45) is -3.54. The van der Waals surface area contributed by atoms with Crippen LogP contribution in [0.1, 0.15) is 13.8 Å². The van der Waals surface area contributed by atoms with Gasteiger partial charge in [0.25, 0.3) is 11.8 Å². The highest BCUT2D eigenvalue weighted by Crippen LogP contribution is 2.25. The summed E-state index contributed by atoms with van der Waals surface area (Å²) < 4.78 is 39.6. The van der Waals surface area contributed by atoms with Gasteiger partial charge in [-0.05, 0) is 5.92 Å². The summed E-state index contributed by atoms with van der Waals surface area (Å²) in [5, 5.41) is 10.1. The van der Waals surface area contributed by atoms with E-state index < -0.39 is 36.0 Å². The largest absolute Gasteiger partial charge is 0.410 e. The number of nitrogens with one attached hydrogen (secondary N) is 2. The molecule has 8 nitrogen and oxygen atoms in total. The molecule has 0 aliphatic heterocycles. The SMILES string of the molecule is CO/N=C/C(=O)NC(C(C)C)C(NC(=O)/C=N/OC)C(F)(F)F. The third-order valence-corrected chi connectivity index (χ3v) is 2.59. The molecule has 2 unspecified atom stereocenters. The van der Waals surface area contributed by atoms with Gasteiger partial charge in [0.05, 0.1) is 6.04 Å². The number of alkyl halides is 3. The Morgan fingerprint density at radius 3 is 1.78 bits per heavy atom. The molecule has 0 fully saturated rings. The molecular formula is C12H19F3N4O4. The minimum atomic E-state index is -4.79. The van der Waals surface area contributed by atoms with Crippen molar-refractivity contribution in [2.24, 2.45) is 16.2 Å². The average Bonchev–Trinajstić information content (AvgIpc) is 2.45. The molecule has 0 aromatic carbocycles. The molecule has 0 aromatic rings. The van der Waals surface area contributed by atoms with Crippen LogP contribution < -0.4 is 10.6 Å². The van der Waals surface area contributed by atoms with Gasteiger partial charge in [-0.25, -0.2) is 0 Å². The standard InChI is InChI=1S/C12H19F3N4O4/c1-7(2)10(18-8(20)5-16-22-3)11(12(13,14)15)19-9(21)6-17-23-4/h5-7,10-11H,1-4H3,(H,18,20)(H,19,21)/b16-5+,17-6+. The molecule has 0 rings (SSSR count). The van der Waals surface area contributed by atoms with E-state index in [1.54, 1.807) is 5.32 Å². The number of carbonyl (C=O) groups is 2. The van der Waals surface area contributed by atoms with Crippen molar-refractivity contribution < 1.29 is 32.4 Å². The fourth-order valence-corrected chi connectivity index (χ4v) is 1.60. The highest BCUT2D eigenvalue weighted by Gasteiger charge is 2.47. The van der Waals surface area contributed by atoms with Crippen LogP contribution in [0.2, 0.25) is 0 Å². The first-order chi connectivity index (χ1) is 10.6. The molecule has 0 aliphatic carbocycles. The molecule has 0 heterocycles. The Labute approximate surface area is 131 Å². The second kappa shape index (κ2) is 9.64. The van der Waals surface area contributed by atoms with E-state index in [0.717, 1.165) is 7.11 Å². The van der Waals surface area contributed by atoms with Crippen molar-refractivity contribution in [1.82, 2.24) is 10.6 Å². The van der Waals surface area contributed by atoms with Crippen LogP contribution >= 0.6 is 0 Å². The van der Waals surface area contributed by atoms with Gasteiger partial charge in [0.1, 0.15) is 32.7 Å². The third kappa shape index (κ3) is 8.02. The van der Waals surface area contributed by atoms with Crippen molar-refractivity contribution in [2.75, 3.05) is 14.2 Å². The molecular weight excluding hydrogens is 321 g/mol. The molecule has 0 saturated carbocycles. The molecule has 0 aliphatic rings. The molecule has 2 atom stereocenters. The molecule has 2 amide bonds. The van der Waals surface area contributed by atoms with E-state index in [2.05, 4.69) is 25.3 Å². The summed E-state index contributed by atoms with van der Waals surface area (Å²) in [4.78, 5) is 31.5. The van der Waals surface area contributed by atoms with Gasteiger partial charge in [-0.1, -0.05) is 24.2 Å². The predicted molar refractivity (Wildman–Crippen MR) is 75.8 cm³/mol. The number of hydrogen-bond donors (Lipinski definition) is 2. The highest BCUT2D eigenvalue weighted by molar-refractivity contribution is 6.26. The average molecular weight is 340 g/mol. The van der Waals surface area contributed by atoms with Crippen molar-refractivity contribution in [3.63, 3.8) is 0 Å². The van der Waals surface area contributed by atoms with E-state index in [0.29, 0.717) is 12.4 Å². The zero-order chi connectivity index (χ0) is 18.0. The van der Waals surface area contributed by atoms with Crippen LogP contribution in [0.5, 0.6) is 0 Å². The zero-order valence-electron chi connectivity index (χ0n) is 13.0. The van der Waals surface area contributed by atoms with Crippen LogP contribution in [0.3, 0.4) is 0 Å². The van der Waals surface area contributed by atoms with E-state index in [9.17, 15) is 22.8 Å². The third-order valence-electron chi connectivity index (χ3n) is 2.59. The monoisotopic (exact) mass is 340 g/mol. The number of amides is 2. The fraction of sp³-hybridized carbons (Fsp3) is 0.667. The van der Waals surface area contributed by atoms with Crippen molar-refractivity contribution >= 4 is 24.2 Å². The normalized spacial score (nSPS) is 14.8. The summed E-state index contributed by atoms with van der Waals surface area (Å²) in [6.45, 7) is 2.93. The Hall–Kier alpha value is -2.33. The van der Waals surface area contributed by atoms with E-state index in [4.69, 9.17) is 0 Å². The second-order valence-corrected chi connectivity index (χ2v) is 4.64. The lowest BCUT2D eigenvalue weighted by molar-refractivity contribution is -0.168. The summed E-state index contributed by atoms with van der Waals surface area (Å²) in [6, 6.07) is -3.75. The van der Waals surface area contributed by atoms with Crippen LogP contribution in [-0.4, -0.2) is 56.7 Å². The van der Waals surface area contributed by atoms with E-state index >= 15 is 0 Å². The molecule has 0 spiro atoms. The smallest absolute Gasteiger partial charge is 0.399 e. The number of halogens is 3. The number of hydrogen-bond acceptors (Lipinski definition) is 6. The Morgan fingerprint density at radius 2 is 1.43 bits per heavy atom. The lowest BCUT2D eigenvalue weighted by atomic mass is 9.95.